The molecule has 1 rings (SSSR count). The van der Waals surface area contributed by atoms with Crippen molar-refractivity contribution in [2.45, 2.75) is 6.04 Å². The smallest absolute Gasteiger partial charge is 0.166 e. The molecule has 0 bridgehead atoms. The van der Waals surface area contributed by atoms with Gasteiger partial charge in [-0.15, -0.1) is 6.58 Å². The Hall–Kier alpha value is -0.940. The van der Waals surface area contributed by atoms with E-state index in [0.717, 1.165) is 6.07 Å². The van der Waals surface area contributed by atoms with E-state index in [0.29, 0.717) is 0 Å². The zero-order chi connectivity index (χ0) is 10.9. The van der Waals surface area contributed by atoms with Crippen LogP contribution < -0.4 is 5.73 Å². The van der Waals surface area contributed by atoms with Crippen LogP contribution in [-0.2, 0) is 0 Å². The third-order valence-electron chi connectivity index (χ3n) is 1.77. The van der Waals surface area contributed by atoms with Crippen molar-refractivity contribution in [2.24, 2.45) is 5.73 Å². The number of aromatic hydroxyl groups is 1. The van der Waals surface area contributed by atoms with E-state index in [1.54, 1.807) is 0 Å². The van der Waals surface area contributed by atoms with Crippen molar-refractivity contribution in [1.82, 2.24) is 0 Å². The van der Waals surface area contributed by atoms with Crippen LogP contribution in [-0.4, -0.2) is 5.11 Å². The Labute approximate surface area is 88.2 Å². The highest BCUT2D eigenvalue weighted by Gasteiger charge is 2.20. The number of phenolic OH excluding ortho intramolecular Hbond substituents is 1. The first kappa shape index (κ1) is 11.1. The Morgan fingerprint density at radius 1 is 1.57 bits per heavy atom. The minimum atomic E-state index is -0.943. The quantitative estimate of drug-likeness (QED) is 0.637. The molecule has 0 amide bonds. The van der Waals surface area contributed by atoms with Gasteiger partial charge in [0.15, 0.2) is 11.6 Å². The Balaban J connectivity index is 3.46. The van der Waals surface area contributed by atoms with Crippen LogP contribution in [0.4, 0.5) is 8.78 Å². The van der Waals surface area contributed by atoms with Crippen LogP contribution in [0.3, 0.4) is 0 Å². The second-order valence-electron chi connectivity index (χ2n) is 2.68. The van der Waals surface area contributed by atoms with E-state index in [1.807, 2.05) is 0 Å². The molecule has 0 aliphatic rings. The molecule has 5 heteroatoms. The third kappa shape index (κ3) is 1.78. The largest absolute Gasteiger partial charge is 0.505 e. The number of halogens is 3. The molecule has 0 fully saturated rings. The average Bonchev–Trinajstić information content (AvgIpc) is 2.15. The van der Waals surface area contributed by atoms with Gasteiger partial charge in [0.2, 0.25) is 0 Å². The predicted molar refractivity (Wildman–Crippen MR) is 52.8 cm³/mol. The van der Waals surface area contributed by atoms with Gasteiger partial charge in [0, 0.05) is 0 Å². The van der Waals surface area contributed by atoms with E-state index in [2.05, 4.69) is 22.5 Å². The minimum absolute atomic E-state index is 0.0832. The number of hydrogen-bond acceptors (Lipinski definition) is 2. The lowest BCUT2D eigenvalue weighted by atomic mass is 10.1. The summed E-state index contributed by atoms with van der Waals surface area (Å²) in [7, 11) is 0. The van der Waals surface area contributed by atoms with Gasteiger partial charge in [-0.1, -0.05) is 6.08 Å². The number of nitrogens with two attached hydrogens (primary N) is 1. The fourth-order valence-corrected chi connectivity index (χ4v) is 1.44. The molecular formula is C9H8BrF2NO. The SMILES string of the molecule is C=C[C@@H](N)c1c(O)c(F)cc(Br)c1F. The van der Waals surface area contributed by atoms with E-state index in [9.17, 15) is 13.9 Å². The van der Waals surface area contributed by atoms with E-state index in [1.165, 1.54) is 6.08 Å². The van der Waals surface area contributed by atoms with Crippen molar-refractivity contribution >= 4 is 15.9 Å². The van der Waals surface area contributed by atoms with Crippen LogP contribution in [0, 0.1) is 11.6 Å². The topological polar surface area (TPSA) is 46.2 Å². The molecular weight excluding hydrogens is 256 g/mol. The molecule has 0 saturated carbocycles. The summed E-state index contributed by atoms with van der Waals surface area (Å²) in [6, 6.07) is -0.105. The van der Waals surface area contributed by atoms with Gasteiger partial charge in [0.1, 0.15) is 5.82 Å². The molecule has 0 saturated heterocycles. The molecule has 0 radical (unpaired) electrons. The van der Waals surface area contributed by atoms with Crippen LogP contribution in [0.1, 0.15) is 11.6 Å². The van der Waals surface area contributed by atoms with Gasteiger partial charge < -0.3 is 10.8 Å². The highest BCUT2D eigenvalue weighted by Crippen LogP contribution is 2.33. The normalized spacial score (nSPS) is 12.6. The van der Waals surface area contributed by atoms with E-state index in [-0.39, 0.29) is 10.0 Å². The lowest BCUT2D eigenvalue weighted by Crippen LogP contribution is -2.10. The summed E-state index contributed by atoms with van der Waals surface area (Å²) in [5.74, 6) is -2.49. The van der Waals surface area contributed by atoms with Crippen LogP contribution in [0.15, 0.2) is 23.2 Å². The maximum atomic E-state index is 13.4. The van der Waals surface area contributed by atoms with E-state index < -0.39 is 23.4 Å². The minimum Gasteiger partial charge on any atom is -0.505 e. The van der Waals surface area contributed by atoms with E-state index >= 15 is 0 Å². The number of benzene rings is 1. The molecule has 0 aromatic heterocycles. The number of phenols is 1. The Kier molecular flexibility index (Phi) is 3.23. The summed E-state index contributed by atoms with van der Waals surface area (Å²) >= 11 is 2.81. The Bertz CT molecular complexity index is 355. The molecule has 1 atom stereocenters. The average molecular weight is 264 g/mol. The van der Waals surface area contributed by atoms with Gasteiger partial charge in [-0.05, 0) is 22.0 Å². The van der Waals surface area contributed by atoms with Gasteiger partial charge in [-0.25, -0.2) is 8.78 Å². The van der Waals surface area contributed by atoms with Crippen LogP contribution in [0.2, 0.25) is 0 Å². The maximum absolute atomic E-state index is 13.4. The molecule has 3 N–H and O–H groups in total. The summed E-state index contributed by atoms with van der Waals surface area (Å²) in [4.78, 5) is 0. The van der Waals surface area contributed by atoms with Crippen molar-refractivity contribution in [2.75, 3.05) is 0 Å². The second kappa shape index (κ2) is 4.06. The van der Waals surface area contributed by atoms with Gasteiger partial charge in [0.25, 0.3) is 0 Å². The standard InChI is InChI=1S/C9H8BrF2NO/c1-2-6(13)7-8(12)4(10)3-5(11)9(7)14/h2-3,6,14H,1,13H2/t6-/m1/s1. The lowest BCUT2D eigenvalue weighted by molar-refractivity contribution is 0.414. The lowest BCUT2D eigenvalue weighted by Gasteiger charge is -2.12. The highest BCUT2D eigenvalue weighted by atomic mass is 79.9. The van der Waals surface area contributed by atoms with E-state index in [4.69, 9.17) is 5.73 Å². The van der Waals surface area contributed by atoms with Crippen LogP contribution in [0.5, 0.6) is 5.75 Å². The first-order chi connectivity index (χ1) is 6.49. The fraction of sp³-hybridized carbons (Fsp3) is 0.111. The summed E-state index contributed by atoms with van der Waals surface area (Å²) in [5, 5.41) is 9.24. The molecule has 76 valence electrons. The summed E-state index contributed by atoms with van der Waals surface area (Å²) < 4.78 is 26.3. The zero-order valence-electron chi connectivity index (χ0n) is 7.10. The third-order valence-corrected chi connectivity index (χ3v) is 2.35. The van der Waals surface area contributed by atoms with Crippen molar-refractivity contribution in [1.29, 1.82) is 0 Å². The van der Waals surface area contributed by atoms with Gasteiger partial charge in [0.05, 0.1) is 16.1 Å². The summed E-state index contributed by atoms with van der Waals surface area (Å²) in [5.41, 5.74) is 5.13. The Morgan fingerprint density at radius 2 is 2.14 bits per heavy atom. The molecule has 0 aliphatic carbocycles. The highest BCUT2D eigenvalue weighted by molar-refractivity contribution is 9.10. The molecule has 1 aromatic carbocycles. The summed E-state index contributed by atoms with van der Waals surface area (Å²) in [6.45, 7) is 3.34. The van der Waals surface area contributed by atoms with Crippen LogP contribution >= 0.6 is 15.9 Å². The molecule has 0 spiro atoms. The maximum Gasteiger partial charge on any atom is 0.166 e. The van der Waals surface area contributed by atoms with Crippen LogP contribution in [0.25, 0.3) is 0 Å². The van der Waals surface area contributed by atoms with Crippen molar-refractivity contribution in [3.05, 3.63) is 40.4 Å². The number of rotatable bonds is 2. The second-order valence-corrected chi connectivity index (χ2v) is 3.53. The van der Waals surface area contributed by atoms with Gasteiger partial charge in [-0.3, -0.25) is 0 Å². The van der Waals surface area contributed by atoms with Crippen molar-refractivity contribution in [3.63, 3.8) is 0 Å². The fourth-order valence-electron chi connectivity index (χ4n) is 1.03. The molecule has 1 aromatic rings. The monoisotopic (exact) mass is 263 g/mol. The predicted octanol–water partition coefficient (Wildman–Crippen LogP) is 2.62. The Morgan fingerprint density at radius 3 is 2.64 bits per heavy atom. The molecule has 0 unspecified atom stereocenters. The molecule has 14 heavy (non-hydrogen) atoms. The first-order valence-corrected chi connectivity index (χ1v) is 4.52. The summed E-state index contributed by atoms with van der Waals surface area (Å²) in [6.07, 6.45) is 1.21. The number of hydrogen-bond donors (Lipinski definition) is 2. The van der Waals surface area contributed by atoms with Gasteiger partial charge >= 0.3 is 0 Å². The van der Waals surface area contributed by atoms with Crippen molar-refractivity contribution in [3.8, 4) is 5.75 Å². The van der Waals surface area contributed by atoms with Gasteiger partial charge in [-0.2, -0.15) is 0 Å². The first-order valence-electron chi connectivity index (χ1n) is 3.73. The molecule has 0 aliphatic heterocycles. The molecule has 0 heterocycles. The zero-order valence-corrected chi connectivity index (χ0v) is 8.68. The van der Waals surface area contributed by atoms with Crippen molar-refractivity contribution < 1.29 is 13.9 Å². The molecule has 2 nitrogen and oxygen atoms in total.